The highest BCUT2D eigenvalue weighted by atomic mass is 32.1. The van der Waals surface area contributed by atoms with Crippen molar-refractivity contribution in [2.75, 3.05) is 7.11 Å². The molecule has 0 aromatic carbocycles. The zero-order valence-electron chi connectivity index (χ0n) is 12.9. The normalized spacial score (nSPS) is 20.8. The Bertz CT molecular complexity index is 442. The van der Waals surface area contributed by atoms with Crippen molar-refractivity contribution < 1.29 is 4.74 Å². The second kappa shape index (κ2) is 5.74. The molecule has 3 rings (SSSR count). The Morgan fingerprint density at radius 3 is 2.75 bits per heavy atom. The van der Waals surface area contributed by atoms with Gasteiger partial charge in [-0.15, -0.1) is 11.3 Å². The first-order valence-corrected chi connectivity index (χ1v) is 8.69. The van der Waals surface area contributed by atoms with Crippen molar-refractivity contribution in [2.45, 2.75) is 76.5 Å². The van der Waals surface area contributed by atoms with Crippen LogP contribution in [0.2, 0.25) is 0 Å². The van der Waals surface area contributed by atoms with E-state index in [0.29, 0.717) is 12.1 Å². The molecular formula is C16H26N2OS. The van der Waals surface area contributed by atoms with Crippen LogP contribution in [-0.2, 0) is 17.6 Å². The van der Waals surface area contributed by atoms with Crippen molar-refractivity contribution in [1.82, 2.24) is 10.3 Å². The highest BCUT2D eigenvalue weighted by molar-refractivity contribution is 7.11. The fourth-order valence-corrected chi connectivity index (χ4v) is 4.06. The Morgan fingerprint density at radius 1 is 1.35 bits per heavy atom. The third-order valence-electron chi connectivity index (χ3n) is 4.42. The number of nitrogens with one attached hydrogen (secondary N) is 1. The molecule has 1 atom stereocenters. The van der Waals surface area contributed by atoms with Crippen LogP contribution in [0.1, 0.15) is 67.6 Å². The molecule has 1 unspecified atom stereocenters. The third kappa shape index (κ3) is 3.41. The van der Waals surface area contributed by atoms with Crippen molar-refractivity contribution in [2.24, 2.45) is 0 Å². The summed E-state index contributed by atoms with van der Waals surface area (Å²) in [6.07, 6.45) is 8.67. The Hall–Kier alpha value is -0.450. The lowest BCUT2D eigenvalue weighted by Crippen LogP contribution is -2.33. The van der Waals surface area contributed by atoms with Gasteiger partial charge in [0.1, 0.15) is 5.01 Å². The summed E-state index contributed by atoms with van der Waals surface area (Å²) in [4.78, 5) is 6.48. The maximum absolute atomic E-state index is 5.63. The van der Waals surface area contributed by atoms with Crippen molar-refractivity contribution in [3.63, 3.8) is 0 Å². The summed E-state index contributed by atoms with van der Waals surface area (Å²) in [6, 6.07) is 1.06. The lowest BCUT2D eigenvalue weighted by molar-refractivity contribution is 0.00663. The van der Waals surface area contributed by atoms with Crippen molar-refractivity contribution in [3.8, 4) is 0 Å². The summed E-state index contributed by atoms with van der Waals surface area (Å²) in [6.45, 7) is 4.34. The summed E-state index contributed by atoms with van der Waals surface area (Å²) in [5.41, 5.74) is 1.27. The molecule has 1 aromatic rings. The Balaban J connectivity index is 1.78. The molecule has 2 aliphatic carbocycles. The molecule has 0 saturated heterocycles. The van der Waals surface area contributed by atoms with Crippen LogP contribution >= 0.6 is 11.3 Å². The Kier molecular flexibility index (Phi) is 4.16. The first kappa shape index (κ1) is 14.5. The van der Waals surface area contributed by atoms with Gasteiger partial charge in [0.15, 0.2) is 0 Å². The monoisotopic (exact) mass is 294 g/mol. The van der Waals surface area contributed by atoms with Gasteiger partial charge in [-0.1, -0.05) is 0 Å². The molecule has 0 aliphatic heterocycles. The average Bonchev–Trinajstić information content (AvgIpc) is 3.13. The van der Waals surface area contributed by atoms with Crippen molar-refractivity contribution in [3.05, 3.63) is 15.6 Å². The summed E-state index contributed by atoms with van der Waals surface area (Å²) in [7, 11) is 1.81. The molecule has 0 spiro atoms. The number of hydrogen-bond donors (Lipinski definition) is 1. The molecular weight excluding hydrogens is 268 g/mol. The molecule has 0 radical (unpaired) electrons. The molecule has 3 nitrogen and oxygen atoms in total. The van der Waals surface area contributed by atoms with Gasteiger partial charge in [0, 0.05) is 18.0 Å². The van der Waals surface area contributed by atoms with Crippen LogP contribution in [0.3, 0.4) is 0 Å². The van der Waals surface area contributed by atoms with Crippen LogP contribution in [0.4, 0.5) is 0 Å². The number of hydrogen-bond acceptors (Lipinski definition) is 4. The summed E-state index contributed by atoms with van der Waals surface area (Å²) >= 11 is 1.94. The molecule has 1 fully saturated rings. The quantitative estimate of drug-likeness (QED) is 0.870. The van der Waals surface area contributed by atoms with Gasteiger partial charge in [0.2, 0.25) is 0 Å². The second-order valence-corrected chi connectivity index (χ2v) is 7.91. The second-order valence-electron chi connectivity index (χ2n) is 6.79. The van der Waals surface area contributed by atoms with Gasteiger partial charge in [-0.2, -0.15) is 0 Å². The van der Waals surface area contributed by atoms with Crippen LogP contribution in [0.5, 0.6) is 0 Å². The topological polar surface area (TPSA) is 34.1 Å². The number of thiazole rings is 1. The summed E-state index contributed by atoms with van der Waals surface area (Å²) in [5.74, 6) is 0. The summed E-state index contributed by atoms with van der Waals surface area (Å²) < 4.78 is 5.63. The fraction of sp³-hybridized carbons (Fsp3) is 0.812. The molecule has 1 aromatic heterocycles. The first-order valence-electron chi connectivity index (χ1n) is 7.87. The average molecular weight is 294 g/mol. The molecule has 1 saturated carbocycles. The van der Waals surface area contributed by atoms with E-state index in [9.17, 15) is 0 Å². The van der Waals surface area contributed by atoms with Crippen LogP contribution in [0.25, 0.3) is 0 Å². The minimum atomic E-state index is -0.0985. The van der Waals surface area contributed by atoms with Crippen molar-refractivity contribution in [1.29, 1.82) is 0 Å². The maximum atomic E-state index is 5.63. The number of rotatable bonds is 6. The van der Waals surface area contributed by atoms with E-state index in [0.717, 1.165) is 6.42 Å². The minimum Gasteiger partial charge on any atom is -0.379 e. The largest absolute Gasteiger partial charge is 0.379 e. The Morgan fingerprint density at radius 2 is 2.10 bits per heavy atom. The predicted octanol–water partition coefficient (Wildman–Crippen LogP) is 3.63. The molecule has 1 heterocycles. The highest BCUT2D eigenvalue weighted by Crippen LogP contribution is 2.35. The Labute approximate surface area is 126 Å². The number of methoxy groups -OCH3 is 1. The van der Waals surface area contributed by atoms with E-state index in [2.05, 4.69) is 19.2 Å². The van der Waals surface area contributed by atoms with Crippen LogP contribution in [-0.4, -0.2) is 23.7 Å². The van der Waals surface area contributed by atoms with Crippen LogP contribution in [0, 0.1) is 0 Å². The standard InChI is InChI=1S/C16H26N2OS/c1-16(2,19-3)10-13(17-11-8-9-11)15-18-12-6-4-5-7-14(12)20-15/h11,13,17H,4-10H2,1-3H3. The fourth-order valence-electron chi connectivity index (χ4n) is 2.85. The molecule has 0 bridgehead atoms. The molecule has 112 valence electrons. The lowest BCUT2D eigenvalue weighted by Gasteiger charge is -2.28. The van der Waals surface area contributed by atoms with Gasteiger partial charge in [0.05, 0.1) is 17.3 Å². The van der Waals surface area contributed by atoms with E-state index in [1.807, 2.05) is 11.3 Å². The smallest absolute Gasteiger partial charge is 0.110 e. The molecule has 20 heavy (non-hydrogen) atoms. The number of aromatic nitrogens is 1. The maximum Gasteiger partial charge on any atom is 0.110 e. The van der Waals surface area contributed by atoms with Gasteiger partial charge in [-0.05, 0) is 58.8 Å². The van der Waals surface area contributed by atoms with E-state index in [1.165, 1.54) is 54.1 Å². The number of aryl methyl sites for hydroxylation is 2. The third-order valence-corrected chi connectivity index (χ3v) is 5.69. The zero-order chi connectivity index (χ0) is 14.2. The predicted molar refractivity (Wildman–Crippen MR) is 83.4 cm³/mol. The van der Waals surface area contributed by atoms with Gasteiger partial charge in [0.25, 0.3) is 0 Å². The minimum absolute atomic E-state index is 0.0985. The van der Waals surface area contributed by atoms with E-state index in [-0.39, 0.29) is 5.60 Å². The van der Waals surface area contributed by atoms with Gasteiger partial charge < -0.3 is 10.1 Å². The number of fused-ring (bicyclic) bond motifs is 1. The van der Waals surface area contributed by atoms with Gasteiger partial charge >= 0.3 is 0 Å². The zero-order valence-corrected chi connectivity index (χ0v) is 13.7. The lowest BCUT2D eigenvalue weighted by atomic mass is 9.98. The first-order chi connectivity index (χ1) is 9.57. The molecule has 0 amide bonds. The molecule has 1 N–H and O–H groups in total. The van der Waals surface area contributed by atoms with Gasteiger partial charge in [-0.25, -0.2) is 4.98 Å². The van der Waals surface area contributed by atoms with Crippen LogP contribution in [0.15, 0.2) is 0 Å². The SMILES string of the molecule is COC(C)(C)CC(NC1CC1)c1nc2c(s1)CCCC2. The molecule has 4 heteroatoms. The molecule has 2 aliphatic rings. The number of nitrogens with zero attached hydrogens (tertiary/aromatic N) is 1. The van der Waals surface area contributed by atoms with E-state index >= 15 is 0 Å². The number of ether oxygens (including phenoxy) is 1. The van der Waals surface area contributed by atoms with Gasteiger partial charge in [-0.3, -0.25) is 0 Å². The highest BCUT2D eigenvalue weighted by Gasteiger charge is 2.32. The van der Waals surface area contributed by atoms with E-state index in [4.69, 9.17) is 9.72 Å². The van der Waals surface area contributed by atoms with E-state index < -0.39 is 0 Å². The summed E-state index contributed by atoms with van der Waals surface area (Å²) in [5, 5.41) is 5.06. The van der Waals surface area contributed by atoms with Crippen LogP contribution < -0.4 is 5.32 Å². The van der Waals surface area contributed by atoms with E-state index in [1.54, 1.807) is 7.11 Å². The van der Waals surface area contributed by atoms with Crippen molar-refractivity contribution >= 4 is 11.3 Å².